The summed E-state index contributed by atoms with van der Waals surface area (Å²) in [6.45, 7) is 1.97. The van der Waals surface area contributed by atoms with E-state index >= 15 is 0 Å². The predicted molar refractivity (Wildman–Crippen MR) is 113 cm³/mol. The summed E-state index contributed by atoms with van der Waals surface area (Å²) in [7, 11) is 1.58. The lowest BCUT2D eigenvalue weighted by molar-refractivity contribution is -0.113. The van der Waals surface area contributed by atoms with E-state index in [1.165, 1.54) is 0 Å². The molecule has 1 amide bonds. The van der Waals surface area contributed by atoms with Gasteiger partial charge in [0.1, 0.15) is 5.75 Å². The van der Waals surface area contributed by atoms with Gasteiger partial charge < -0.3 is 20.1 Å². The highest BCUT2D eigenvalue weighted by Gasteiger charge is 2.13. The minimum atomic E-state index is -0.435. The summed E-state index contributed by atoms with van der Waals surface area (Å²) in [4.78, 5) is 31.1. The van der Waals surface area contributed by atoms with Gasteiger partial charge in [0.25, 0.3) is 5.56 Å². The third-order valence-corrected chi connectivity index (χ3v) is 5.06. The Morgan fingerprint density at radius 1 is 1.17 bits per heavy atom. The maximum absolute atomic E-state index is 12.4. The number of aryl methyl sites for hydroxylation is 1. The molecular weight excluding hydrogens is 390 g/mol. The van der Waals surface area contributed by atoms with E-state index in [1.807, 2.05) is 43.3 Å². The fraction of sp³-hybridized carbons (Fsp3) is 0.190. The average Bonchev–Trinajstić information content (AvgIpc) is 2.71. The van der Waals surface area contributed by atoms with E-state index in [-0.39, 0.29) is 34.7 Å². The summed E-state index contributed by atoms with van der Waals surface area (Å²) in [5, 5.41) is 13.1. The Morgan fingerprint density at radius 3 is 2.48 bits per heavy atom. The van der Waals surface area contributed by atoms with Gasteiger partial charge >= 0.3 is 0 Å². The minimum absolute atomic E-state index is 0.0497. The fourth-order valence-electron chi connectivity index (χ4n) is 2.61. The van der Waals surface area contributed by atoms with E-state index in [1.54, 1.807) is 19.2 Å². The van der Waals surface area contributed by atoms with Crippen molar-refractivity contribution in [1.29, 1.82) is 0 Å². The Balaban J connectivity index is 1.63. The van der Waals surface area contributed by atoms with E-state index in [4.69, 9.17) is 4.74 Å². The van der Waals surface area contributed by atoms with Crippen LogP contribution in [0.2, 0.25) is 0 Å². The molecule has 0 fully saturated rings. The average molecular weight is 411 g/mol. The molecule has 0 atom stereocenters. The molecule has 3 aromatic rings. The monoisotopic (exact) mass is 411 g/mol. The molecule has 0 aliphatic rings. The molecule has 7 nitrogen and oxygen atoms in total. The van der Waals surface area contributed by atoms with Crippen molar-refractivity contribution in [2.45, 2.75) is 18.5 Å². The van der Waals surface area contributed by atoms with Crippen molar-refractivity contribution in [3.8, 4) is 11.6 Å². The molecule has 0 unspecified atom stereocenters. The van der Waals surface area contributed by atoms with Crippen LogP contribution in [0.4, 0.5) is 5.69 Å². The van der Waals surface area contributed by atoms with Crippen molar-refractivity contribution >= 4 is 23.4 Å². The molecule has 0 saturated carbocycles. The number of benzene rings is 2. The first-order valence-corrected chi connectivity index (χ1v) is 9.87. The number of amides is 1. The largest absolute Gasteiger partial charge is 0.497 e. The number of ether oxygens (including phenoxy) is 1. The molecule has 3 rings (SSSR count). The minimum Gasteiger partial charge on any atom is -0.497 e. The zero-order chi connectivity index (χ0) is 20.8. The quantitative estimate of drug-likeness (QED) is 0.408. The van der Waals surface area contributed by atoms with Gasteiger partial charge in [-0.2, -0.15) is 4.98 Å². The molecule has 0 bridgehead atoms. The highest BCUT2D eigenvalue weighted by molar-refractivity contribution is 7.99. The number of nitrogens with one attached hydrogen (secondary N) is 2. The molecule has 2 aromatic carbocycles. The fourth-order valence-corrected chi connectivity index (χ4v) is 3.26. The van der Waals surface area contributed by atoms with E-state index in [2.05, 4.69) is 15.3 Å². The standard InChI is InChI=1S/C21H21N3O4S/c1-13-3-7-15(8-4-13)22-18(25)12-29-21-23-19(26)17(20(27)24-21)11-14-5-9-16(28-2)10-6-14/h3-10H,11-12H2,1-2H3,(H,22,25)(H2,23,24,26,27). The second-order valence-electron chi connectivity index (χ2n) is 6.40. The van der Waals surface area contributed by atoms with Gasteiger partial charge in [-0.25, -0.2) is 0 Å². The summed E-state index contributed by atoms with van der Waals surface area (Å²) in [5.41, 5.74) is 2.37. The molecule has 0 radical (unpaired) electrons. The van der Waals surface area contributed by atoms with Crippen LogP contribution in [0.3, 0.4) is 0 Å². The van der Waals surface area contributed by atoms with Gasteiger partial charge in [-0.3, -0.25) is 9.59 Å². The van der Waals surface area contributed by atoms with Gasteiger partial charge in [0.2, 0.25) is 11.8 Å². The van der Waals surface area contributed by atoms with Crippen molar-refractivity contribution < 1.29 is 14.6 Å². The van der Waals surface area contributed by atoms with E-state index < -0.39 is 5.56 Å². The van der Waals surface area contributed by atoms with Crippen molar-refractivity contribution in [2.24, 2.45) is 0 Å². The SMILES string of the molecule is COc1ccc(Cc2c(O)nc(SCC(=O)Nc3ccc(C)cc3)[nH]c2=O)cc1. The molecule has 29 heavy (non-hydrogen) atoms. The number of aromatic nitrogens is 2. The second kappa shape index (κ2) is 9.29. The Kier molecular flexibility index (Phi) is 6.56. The first kappa shape index (κ1) is 20.5. The zero-order valence-corrected chi connectivity index (χ0v) is 16.9. The van der Waals surface area contributed by atoms with E-state index in [0.717, 1.165) is 22.9 Å². The Hall–Kier alpha value is -3.26. The van der Waals surface area contributed by atoms with Gasteiger partial charge in [-0.1, -0.05) is 41.6 Å². The maximum Gasteiger partial charge on any atom is 0.258 e. The number of rotatable bonds is 7. The lowest BCUT2D eigenvalue weighted by Crippen LogP contribution is -2.17. The van der Waals surface area contributed by atoms with Crippen LogP contribution < -0.4 is 15.6 Å². The first-order chi connectivity index (χ1) is 13.9. The molecule has 0 spiro atoms. The van der Waals surface area contributed by atoms with Gasteiger partial charge in [0.05, 0.1) is 18.4 Å². The summed E-state index contributed by atoms with van der Waals surface area (Å²) in [5.74, 6) is 0.184. The number of hydrogen-bond donors (Lipinski definition) is 3. The first-order valence-electron chi connectivity index (χ1n) is 8.89. The van der Waals surface area contributed by atoms with Crippen LogP contribution in [0, 0.1) is 6.92 Å². The van der Waals surface area contributed by atoms with Crippen LogP contribution in [0.5, 0.6) is 11.6 Å². The highest BCUT2D eigenvalue weighted by atomic mass is 32.2. The molecule has 0 aliphatic heterocycles. The number of carbonyl (C=O) groups excluding carboxylic acids is 1. The van der Waals surface area contributed by atoms with Crippen LogP contribution in [0.15, 0.2) is 58.5 Å². The van der Waals surface area contributed by atoms with Crippen LogP contribution in [0.1, 0.15) is 16.7 Å². The Labute approximate surface area is 172 Å². The normalized spacial score (nSPS) is 10.6. The number of thioether (sulfide) groups is 1. The smallest absolute Gasteiger partial charge is 0.258 e. The number of hydrogen-bond acceptors (Lipinski definition) is 6. The lowest BCUT2D eigenvalue weighted by atomic mass is 10.1. The summed E-state index contributed by atoms with van der Waals surface area (Å²) in [6, 6.07) is 14.6. The molecule has 3 N–H and O–H groups in total. The predicted octanol–water partition coefficient (Wildman–Crippen LogP) is 3.11. The zero-order valence-electron chi connectivity index (χ0n) is 16.1. The highest BCUT2D eigenvalue weighted by Crippen LogP contribution is 2.20. The van der Waals surface area contributed by atoms with Crippen molar-refractivity contribution in [3.63, 3.8) is 0 Å². The van der Waals surface area contributed by atoms with Crippen LogP contribution in [0.25, 0.3) is 0 Å². The Bertz CT molecular complexity index is 1050. The second-order valence-corrected chi connectivity index (χ2v) is 7.37. The number of nitrogens with zero attached hydrogens (tertiary/aromatic N) is 1. The third-order valence-electron chi connectivity index (χ3n) is 4.19. The van der Waals surface area contributed by atoms with Crippen molar-refractivity contribution in [2.75, 3.05) is 18.2 Å². The van der Waals surface area contributed by atoms with Crippen LogP contribution >= 0.6 is 11.8 Å². The van der Waals surface area contributed by atoms with Crippen LogP contribution in [-0.4, -0.2) is 33.8 Å². The molecular formula is C21H21N3O4S. The number of aromatic amines is 1. The topological polar surface area (TPSA) is 104 Å². The summed E-state index contributed by atoms with van der Waals surface area (Å²) < 4.78 is 5.11. The van der Waals surface area contributed by atoms with Gasteiger partial charge in [0.15, 0.2) is 5.16 Å². The maximum atomic E-state index is 12.4. The molecule has 150 valence electrons. The Morgan fingerprint density at radius 2 is 1.86 bits per heavy atom. The van der Waals surface area contributed by atoms with E-state index in [9.17, 15) is 14.7 Å². The number of H-pyrrole nitrogens is 1. The number of carbonyl (C=O) groups is 1. The van der Waals surface area contributed by atoms with Gasteiger partial charge in [-0.15, -0.1) is 0 Å². The summed E-state index contributed by atoms with van der Waals surface area (Å²) in [6.07, 6.45) is 0.233. The van der Waals surface area contributed by atoms with Crippen LogP contribution in [-0.2, 0) is 11.2 Å². The summed E-state index contributed by atoms with van der Waals surface area (Å²) >= 11 is 1.04. The van der Waals surface area contributed by atoms with E-state index in [0.29, 0.717) is 11.4 Å². The third kappa shape index (κ3) is 5.61. The molecule has 8 heteroatoms. The molecule has 0 aliphatic carbocycles. The number of anilines is 1. The molecule has 0 saturated heterocycles. The lowest BCUT2D eigenvalue weighted by Gasteiger charge is -2.08. The van der Waals surface area contributed by atoms with Crippen molar-refractivity contribution in [1.82, 2.24) is 9.97 Å². The number of aromatic hydroxyl groups is 1. The van der Waals surface area contributed by atoms with Gasteiger partial charge in [0, 0.05) is 12.1 Å². The van der Waals surface area contributed by atoms with Crippen molar-refractivity contribution in [3.05, 3.63) is 75.6 Å². The molecule has 1 aromatic heterocycles. The molecule has 1 heterocycles. The van der Waals surface area contributed by atoms with Gasteiger partial charge in [-0.05, 0) is 36.8 Å². The number of methoxy groups -OCH3 is 1.